The molecule has 1 N–H and O–H groups in total. The van der Waals surface area contributed by atoms with Gasteiger partial charge < -0.3 is 5.11 Å². The van der Waals surface area contributed by atoms with Crippen molar-refractivity contribution in [3.63, 3.8) is 0 Å². The summed E-state index contributed by atoms with van der Waals surface area (Å²) >= 11 is 0. The highest BCUT2D eigenvalue weighted by Crippen LogP contribution is 2.17. The van der Waals surface area contributed by atoms with Crippen LogP contribution in [0.3, 0.4) is 0 Å². The lowest BCUT2D eigenvalue weighted by Crippen LogP contribution is -2.35. The van der Waals surface area contributed by atoms with E-state index in [0.29, 0.717) is 0 Å². The summed E-state index contributed by atoms with van der Waals surface area (Å²) in [6.07, 6.45) is 3.64. The van der Waals surface area contributed by atoms with Crippen LogP contribution in [-0.4, -0.2) is 34.7 Å². The quantitative estimate of drug-likeness (QED) is 0.799. The lowest BCUT2D eigenvalue weighted by Gasteiger charge is -2.30. The molecule has 0 radical (unpaired) electrons. The number of pyridine rings is 1. The van der Waals surface area contributed by atoms with Crippen LogP contribution in [0.25, 0.3) is 0 Å². The van der Waals surface area contributed by atoms with Gasteiger partial charge in [-0.25, -0.2) is 0 Å². The molecule has 0 aromatic carbocycles. The maximum Gasteiger partial charge on any atom is 0.0494 e. The Morgan fingerprint density at radius 2 is 1.94 bits per heavy atom. The minimum atomic E-state index is -0.0387. The van der Waals surface area contributed by atoms with Gasteiger partial charge in [-0.2, -0.15) is 0 Å². The third-order valence-corrected chi connectivity index (χ3v) is 2.68. The molecule has 3 heteroatoms. The molecule has 90 valence electrons. The average molecular weight is 222 g/mol. The summed E-state index contributed by atoms with van der Waals surface area (Å²) in [6, 6.07) is 4.07. The molecule has 1 aromatic rings. The number of aromatic nitrogens is 1. The van der Waals surface area contributed by atoms with Gasteiger partial charge in [-0.1, -0.05) is 20.8 Å². The number of aliphatic hydroxyl groups is 1. The molecule has 0 amide bonds. The van der Waals surface area contributed by atoms with E-state index < -0.39 is 0 Å². The smallest absolute Gasteiger partial charge is 0.0494 e. The lowest BCUT2D eigenvalue weighted by atomic mass is 9.94. The topological polar surface area (TPSA) is 36.4 Å². The maximum absolute atomic E-state index is 9.27. The van der Waals surface area contributed by atoms with Crippen LogP contribution in [0, 0.1) is 5.41 Å². The summed E-state index contributed by atoms with van der Waals surface area (Å²) < 4.78 is 0. The molecule has 0 saturated heterocycles. The highest BCUT2D eigenvalue weighted by atomic mass is 16.3. The maximum atomic E-state index is 9.27. The number of hydrogen-bond acceptors (Lipinski definition) is 3. The standard InChI is InChI=1S/C13H22N2O/c1-4-15(10-13(2,3)11-16)9-12-5-7-14-8-6-12/h5-8,16H,4,9-11H2,1-3H3. The highest BCUT2D eigenvalue weighted by molar-refractivity contribution is 5.09. The molecule has 0 bridgehead atoms. The average Bonchev–Trinajstić information content (AvgIpc) is 2.29. The molecule has 0 aliphatic carbocycles. The minimum absolute atomic E-state index is 0.0387. The molecule has 16 heavy (non-hydrogen) atoms. The van der Waals surface area contributed by atoms with Gasteiger partial charge in [0.1, 0.15) is 0 Å². The zero-order chi connectivity index (χ0) is 12.0. The van der Waals surface area contributed by atoms with Crippen LogP contribution in [0.1, 0.15) is 26.3 Å². The second kappa shape index (κ2) is 5.97. The van der Waals surface area contributed by atoms with E-state index in [0.717, 1.165) is 19.6 Å². The Morgan fingerprint density at radius 3 is 2.44 bits per heavy atom. The summed E-state index contributed by atoms with van der Waals surface area (Å²) in [6.45, 7) is 9.36. The second-order valence-corrected chi connectivity index (χ2v) is 4.98. The number of nitrogens with zero attached hydrogens (tertiary/aromatic N) is 2. The minimum Gasteiger partial charge on any atom is -0.396 e. The second-order valence-electron chi connectivity index (χ2n) is 4.98. The van der Waals surface area contributed by atoms with Crippen molar-refractivity contribution in [3.05, 3.63) is 30.1 Å². The van der Waals surface area contributed by atoms with Gasteiger partial charge in [0.2, 0.25) is 0 Å². The normalized spacial score (nSPS) is 12.1. The van der Waals surface area contributed by atoms with Crippen LogP contribution in [0.15, 0.2) is 24.5 Å². The van der Waals surface area contributed by atoms with Gasteiger partial charge in [-0.3, -0.25) is 9.88 Å². The highest BCUT2D eigenvalue weighted by Gasteiger charge is 2.20. The largest absolute Gasteiger partial charge is 0.396 e. The number of rotatable bonds is 6. The first kappa shape index (κ1) is 13.1. The van der Waals surface area contributed by atoms with Gasteiger partial charge in [0.15, 0.2) is 0 Å². The zero-order valence-corrected chi connectivity index (χ0v) is 10.5. The van der Waals surface area contributed by atoms with Crippen molar-refractivity contribution in [3.8, 4) is 0 Å². The van der Waals surface area contributed by atoms with Crippen LogP contribution in [-0.2, 0) is 6.54 Å². The molecule has 0 aliphatic rings. The van der Waals surface area contributed by atoms with E-state index in [4.69, 9.17) is 0 Å². The molecular weight excluding hydrogens is 200 g/mol. The van der Waals surface area contributed by atoms with E-state index in [1.807, 2.05) is 24.5 Å². The third kappa shape index (κ3) is 4.29. The molecule has 0 unspecified atom stereocenters. The van der Waals surface area contributed by atoms with Crippen molar-refractivity contribution in [1.82, 2.24) is 9.88 Å². The van der Waals surface area contributed by atoms with E-state index in [1.54, 1.807) is 0 Å². The summed E-state index contributed by atoms with van der Waals surface area (Å²) in [5.74, 6) is 0. The fourth-order valence-corrected chi connectivity index (χ4v) is 1.68. The van der Waals surface area contributed by atoms with E-state index in [1.165, 1.54) is 5.56 Å². The zero-order valence-electron chi connectivity index (χ0n) is 10.5. The van der Waals surface area contributed by atoms with Gasteiger partial charge in [0, 0.05) is 37.5 Å². The molecule has 0 atom stereocenters. The molecule has 1 heterocycles. The van der Waals surface area contributed by atoms with Gasteiger partial charge in [-0.15, -0.1) is 0 Å². The van der Waals surface area contributed by atoms with E-state index >= 15 is 0 Å². The Kier molecular flexibility index (Phi) is 4.90. The Morgan fingerprint density at radius 1 is 1.31 bits per heavy atom. The summed E-state index contributed by atoms with van der Waals surface area (Å²) in [4.78, 5) is 6.35. The molecule has 1 aromatic heterocycles. The van der Waals surface area contributed by atoms with Crippen molar-refractivity contribution in [2.75, 3.05) is 19.7 Å². The predicted octanol–water partition coefficient (Wildman–Crippen LogP) is 1.92. The van der Waals surface area contributed by atoms with Crippen molar-refractivity contribution >= 4 is 0 Å². The molecule has 3 nitrogen and oxygen atoms in total. The first-order valence-electron chi connectivity index (χ1n) is 5.79. The van der Waals surface area contributed by atoms with Crippen LogP contribution in [0.2, 0.25) is 0 Å². The summed E-state index contributed by atoms with van der Waals surface area (Å²) in [7, 11) is 0. The van der Waals surface area contributed by atoms with Gasteiger partial charge in [0.25, 0.3) is 0 Å². The molecule has 0 fully saturated rings. The van der Waals surface area contributed by atoms with E-state index in [-0.39, 0.29) is 12.0 Å². The molecule has 0 saturated carbocycles. The number of aliphatic hydroxyl groups excluding tert-OH is 1. The van der Waals surface area contributed by atoms with Gasteiger partial charge in [-0.05, 0) is 24.2 Å². The fraction of sp³-hybridized carbons (Fsp3) is 0.615. The predicted molar refractivity (Wildman–Crippen MR) is 66.1 cm³/mol. The van der Waals surface area contributed by atoms with Crippen LogP contribution in [0.5, 0.6) is 0 Å². The van der Waals surface area contributed by atoms with E-state index in [2.05, 4.69) is 30.7 Å². The Balaban J connectivity index is 2.56. The number of hydrogen-bond donors (Lipinski definition) is 1. The van der Waals surface area contributed by atoms with Crippen molar-refractivity contribution in [2.24, 2.45) is 5.41 Å². The third-order valence-electron chi connectivity index (χ3n) is 2.68. The molecule has 0 spiro atoms. The monoisotopic (exact) mass is 222 g/mol. The van der Waals surface area contributed by atoms with Crippen LogP contribution >= 0.6 is 0 Å². The SMILES string of the molecule is CCN(Cc1ccncc1)CC(C)(C)CO. The van der Waals surface area contributed by atoms with Gasteiger partial charge >= 0.3 is 0 Å². The summed E-state index contributed by atoms with van der Waals surface area (Å²) in [5.41, 5.74) is 1.23. The Labute approximate surface area is 98.1 Å². The van der Waals surface area contributed by atoms with Crippen molar-refractivity contribution in [2.45, 2.75) is 27.3 Å². The molecule has 1 rings (SSSR count). The lowest BCUT2D eigenvalue weighted by molar-refractivity contribution is 0.102. The fourth-order valence-electron chi connectivity index (χ4n) is 1.68. The van der Waals surface area contributed by atoms with E-state index in [9.17, 15) is 5.11 Å². The Hall–Kier alpha value is -0.930. The van der Waals surface area contributed by atoms with Crippen LogP contribution in [0.4, 0.5) is 0 Å². The molecular formula is C13H22N2O. The molecule has 0 aliphatic heterocycles. The summed E-state index contributed by atoms with van der Waals surface area (Å²) in [5, 5.41) is 9.27. The van der Waals surface area contributed by atoms with Crippen molar-refractivity contribution < 1.29 is 5.11 Å². The van der Waals surface area contributed by atoms with Gasteiger partial charge in [0.05, 0.1) is 0 Å². The van der Waals surface area contributed by atoms with Crippen LogP contribution < -0.4 is 0 Å². The Bertz CT molecular complexity index is 298. The first-order valence-corrected chi connectivity index (χ1v) is 5.79. The van der Waals surface area contributed by atoms with Crippen molar-refractivity contribution in [1.29, 1.82) is 0 Å². The first-order chi connectivity index (χ1) is 7.57.